The third-order valence-electron chi connectivity index (χ3n) is 5.61. The van der Waals surface area contributed by atoms with Gasteiger partial charge in [-0.2, -0.15) is 0 Å². The molecule has 0 aliphatic carbocycles. The second-order valence-electron chi connectivity index (χ2n) is 7.47. The molecule has 1 amide bonds. The number of hydrogen-bond donors (Lipinski definition) is 0. The molecule has 1 aliphatic rings. The first-order valence-electron chi connectivity index (χ1n) is 10.3. The van der Waals surface area contributed by atoms with Crippen molar-refractivity contribution in [2.24, 2.45) is 0 Å². The van der Waals surface area contributed by atoms with Crippen LogP contribution < -0.4 is 0 Å². The lowest BCUT2D eigenvalue weighted by atomic mass is 9.92. The van der Waals surface area contributed by atoms with Crippen LogP contribution in [0.3, 0.4) is 0 Å². The Morgan fingerprint density at radius 1 is 1.14 bits per heavy atom. The molecule has 152 valence electrons. The molecule has 0 bridgehead atoms. The number of likely N-dealkylation sites (tertiary alicyclic amines) is 1. The zero-order valence-corrected chi connectivity index (χ0v) is 17.1. The third kappa shape index (κ3) is 3.81. The van der Waals surface area contributed by atoms with E-state index in [2.05, 4.69) is 23.3 Å². The maximum Gasteiger partial charge on any atom is 0.292 e. The van der Waals surface area contributed by atoms with Crippen LogP contribution in [-0.2, 0) is 12.8 Å². The average molecular weight is 394 g/mol. The lowest BCUT2D eigenvalue weighted by Gasteiger charge is -2.31. The van der Waals surface area contributed by atoms with E-state index in [9.17, 15) is 4.79 Å². The normalized spacial score (nSPS) is 15.1. The number of amides is 1. The zero-order chi connectivity index (χ0) is 20.4. The number of nitrogens with zero attached hydrogens (tertiary/aromatic N) is 4. The minimum atomic E-state index is -0.0787. The van der Waals surface area contributed by atoms with Gasteiger partial charge in [0, 0.05) is 37.2 Å². The van der Waals surface area contributed by atoms with E-state index in [1.54, 1.807) is 6.07 Å². The molecule has 0 saturated carbocycles. The van der Waals surface area contributed by atoms with Gasteiger partial charge in [-0.3, -0.25) is 9.78 Å². The number of aromatic nitrogens is 3. The Morgan fingerprint density at radius 3 is 2.62 bits per heavy atom. The fraction of sp³-hybridized carbons (Fsp3) is 0.455. The minimum absolute atomic E-state index is 0.0787. The molecule has 0 N–H and O–H groups in total. The van der Waals surface area contributed by atoms with E-state index in [4.69, 9.17) is 14.0 Å². The molecule has 3 aromatic heterocycles. The Balaban J connectivity index is 1.46. The average Bonchev–Trinajstić information content (AvgIpc) is 3.40. The molecule has 4 rings (SSSR count). The summed E-state index contributed by atoms with van der Waals surface area (Å²) in [7, 11) is 0. The molecule has 0 spiro atoms. The van der Waals surface area contributed by atoms with E-state index in [0.717, 1.165) is 59.8 Å². The van der Waals surface area contributed by atoms with Gasteiger partial charge in [0.25, 0.3) is 5.91 Å². The molecule has 0 aromatic carbocycles. The Hall–Kier alpha value is -2.96. The lowest BCUT2D eigenvalue weighted by molar-refractivity contribution is 0.0670. The van der Waals surface area contributed by atoms with Gasteiger partial charge in [0.1, 0.15) is 5.76 Å². The SMILES string of the molecule is CCc1cc(C(=O)N2CCC(c3cccc(-c4c(C)noc4CC)n3)CC2)on1. The summed E-state index contributed by atoms with van der Waals surface area (Å²) in [5, 5.41) is 8.02. The van der Waals surface area contributed by atoms with Gasteiger partial charge in [0.2, 0.25) is 5.76 Å². The van der Waals surface area contributed by atoms with Gasteiger partial charge in [0.05, 0.1) is 22.6 Å². The number of carbonyl (C=O) groups is 1. The predicted octanol–water partition coefficient (Wildman–Crippen LogP) is 4.18. The van der Waals surface area contributed by atoms with Gasteiger partial charge < -0.3 is 13.9 Å². The van der Waals surface area contributed by atoms with E-state index in [0.29, 0.717) is 24.8 Å². The van der Waals surface area contributed by atoms with Crippen molar-refractivity contribution in [1.82, 2.24) is 20.2 Å². The van der Waals surface area contributed by atoms with E-state index >= 15 is 0 Å². The molecule has 4 heterocycles. The third-order valence-corrected chi connectivity index (χ3v) is 5.61. The van der Waals surface area contributed by atoms with Crippen molar-refractivity contribution in [3.63, 3.8) is 0 Å². The van der Waals surface area contributed by atoms with Crippen molar-refractivity contribution in [1.29, 1.82) is 0 Å². The molecule has 3 aromatic rings. The number of piperidine rings is 1. The number of aryl methyl sites for hydroxylation is 3. The van der Waals surface area contributed by atoms with E-state index in [-0.39, 0.29) is 5.91 Å². The van der Waals surface area contributed by atoms with Gasteiger partial charge in [-0.1, -0.05) is 30.2 Å². The van der Waals surface area contributed by atoms with Crippen molar-refractivity contribution in [3.05, 3.63) is 52.9 Å². The molecular formula is C22H26N4O3. The summed E-state index contributed by atoms with van der Waals surface area (Å²) >= 11 is 0. The van der Waals surface area contributed by atoms with Crippen LogP contribution in [0.2, 0.25) is 0 Å². The Morgan fingerprint density at radius 2 is 1.93 bits per heavy atom. The van der Waals surface area contributed by atoms with E-state index in [1.165, 1.54) is 0 Å². The summed E-state index contributed by atoms with van der Waals surface area (Å²) < 4.78 is 10.6. The summed E-state index contributed by atoms with van der Waals surface area (Å²) in [5.74, 6) is 1.44. The molecule has 0 atom stereocenters. The number of hydrogen-bond acceptors (Lipinski definition) is 6. The molecular weight excluding hydrogens is 368 g/mol. The fourth-order valence-corrected chi connectivity index (χ4v) is 3.92. The fourth-order valence-electron chi connectivity index (χ4n) is 3.92. The highest BCUT2D eigenvalue weighted by Gasteiger charge is 2.28. The zero-order valence-electron chi connectivity index (χ0n) is 17.1. The molecule has 0 radical (unpaired) electrons. The highest BCUT2D eigenvalue weighted by molar-refractivity contribution is 5.91. The largest absolute Gasteiger partial charge is 0.360 e. The predicted molar refractivity (Wildman–Crippen MR) is 108 cm³/mol. The summed E-state index contributed by atoms with van der Waals surface area (Å²) in [6, 6.07) is 7.87. The molecule has 7 nitrogen and oxygen atoms in total. The van der Waals surface area contributed by atoms with Crippen LogP contribution in [-0.4, -0.2) is 39.2 Å². The molecule has 0 unspecified atom stereocenters. The van der Waals surface area contributed by atoms with Crippen molar-refractivity contribution >= 4 is 5.91 Å². The van der Waals surface area contributed by atoms with Crippen molar-refractivity contribution in [3.8, 4) is 11.3 Å². The number of carbonyl (C=O) groups excluding carboxylic acids is 1. The molecule has 1 fully saturated rings. The summed E-state index contributed by atoms with van der Waals surface area (Å²) in [6.07, 6.45) is 3.29. The van der Waals surface area contributed by atoms with Gasteiger partial charge >= 0.3 is 0 Å². The molecule has 7 heteroatoms. The van der Waals surface area contributed by atoms with Crippen LogP contribution >= 0.6 is 0 Å². The van der Waals surface area contributed by atoms with Gasteiger partial charge in [-0.15, -0.1) is 0 Å². The molecule has 1 saturated heterocycles. The standard InChI is InChI=1S/C22H26N4O3/c1-4-16-13-20(29-25-16)22(27)26-11-9-15(10-12-26)17-7-6-8-18(23-17)21-14(3)24-28-19(21)5-2/h6-8,13,15H,4-5,9-12H2,1-3H3. The highest BCUT2D eigenvalue weighted by atomic mass is 16.5. The van der Waals surface area contributed by atoms with Crippen LogP contribution in [0.4, 0.5) is 0 Å². The second-order valence-corrected chi connectivity index (χ2v) is 7.47. The maximum absolute atomic E-state index is 12.6. The topological polar surface area (TPSA) is 85.3 Å². The van der Waals surface area contributed by atoms with E-state index < -0.39 is 0 Å². The first-order chi connectivity index (χ1) is 14.1. The van der Waals surface area contributed by atoms with Gasteiger partial charge in [-0.25, -0.2) is 0 Å². The Kier molecular flexibility index (Phi) is 5.47. The first kappa shape index (κ1) is 19.4. The van der Waals surface area contributed by atoms with Crippen molar-refractivity contribution in [2.75, 3.05) is 13.1 Å². The highest BCUT2D eigenvalue weighted by Crippen LogP contribution is 2.31. The summed E-state index contributed by atoms with van der Waals surface area (Å²) in [6.45, 7) is 7.36. The monoisotopic (exact) mass is 394 g/mol. The lowest BCUT2D eigenvalue weighted by Crippen LogP contribution is -2.37. The summed E-state index contributed by atoms with van der Waals surface area (Å²) in [4.78, 5) is 19.4. The van der Waals surface area contributed by atoms with Crippen LogP contribution in [0.1, 0.15) is 66.0 Å². The molecule has 1 aliphatic heterocycles. The van der Waals surface area contributed by atoms with Crippen LogP contribution in [0, 0.1) is 6.92 Å². The Bertz CT molecular complexity index is 999. The number of pyridine rings is 1. The van der Waals surface area contributed by atoms with Crippen LogP contribution in [0.15, 0.2) is 33.3 Å². The quantitative estimate of drug-likeness (QED) is 0.645. The van der Waals surface area contributed by atoms with Gasteiger partial charge in [-0.05, 0) is 38.3 Å². The van der Waals surface area contributed by atoms with Crippen LogP contribution in [0.25, 0.3) is 11.3 Å². The Labute approximate surface area is 170 Å². The maximum atomic E-state index is 12.6. The second kappa shape index (κ2) is 8.19. The minimum Gasteiger partial charge on any atom is -0.360 e. The van der Waals surface area contributed by atoms with Crippen LogP contribution in [0.5, 0.6) is 0 Å². The van der Waals surface area contributed by atoms with Crippen molar-refractivity contribution in [2.45, 2.75) is 52.4 Å². The van der Waals surface area contributed by atoms with E-state index in [1.807, 2.05) is 30.9 Å². The summed E-state index contributed by atoms with van der Waals surface area (Å²) in [5.41, 5.74) is 4.64. The first-order valence-corrected chi connectivity index (χ1v) is 10.3. The van der Waals surface area contributed by atoms with Gasteiger partial charge in [0.15, 0.2) is 0 Å². The number of rotatable bonds is 5. The molecule has 29 heavy (non-hydrogen) atoms. The smallest absolute Gasteiger partial charge is 0.292 e. The van der Waals surface area contributed by atoms with Crippen molar-refractivity contribution < 1.29 is 13.8 Å².